The molecule has 1 atom stereocenters. The van der Waals surface area contributed by atoms with Crippen LogP contribution in [-0.4, -0.2) is 19.8 Å². The van der Waals surface area contributed by atoms with Gasteiger partial charge in [0.1, 0.15) is 5.82 Å². The summed E-state index contributed by atoms with van der Waals surface area (Å²) in [6, 6.07) is 6.87. The lowest BCUT2D eigenvalue weighted by Gasteiger charge is -2.14. The van der Waals surface area contributed by atoms with Crippen LogP contribution in [0.4, 0.5) is 4.39 Å². The van der Waals surface area contributed by atoms with Crippen LogP contribution >= 0.6 is 0 Å². The molecule has 0 saturated carbocycles. The normalized spacial score (nSPS) is 12.7. The molecule has 1 N–H and O–H groups in total. The summed E-state index contributed by atoms with van der Waals surface area (Å²) in [4.78, 5) is 0. The maximum atomic E-state index is 12.7. The molecular weight excluding hydrogens is 205 g/mol. The van der Waals surface area contributed by atoms with Gasteiger partial charge in [0.25, 0.3) is 0 Å². The van der Waals surface area contributed by atoms with Crippen LogP contribution in [0.25, 0.3) is 0 Å². The molecule has 90 valence electrons. The minimum absolute atomic E-state index is 0.188. The van der Waals surface area contributed by atoms with Crippen molar-refractivity contribution in [2.24, 2.45) is 0 Å². The maximum Gasteiger partial charge on any atom is 0.123 e. The number of hydrogen-bond donors (Lipinski definition) is 1. The van der Waals surface area contributed by atoms with Gasteiger partial charge in [0.15, 0.2) is 0 Å². The Labute approximate surface area is 96.8 Å². The molecule has 0 fully saturated rings. The zero-order valence-electron chi connectivity index (χ0n) is 10.0. The van der Waals surface area contributed by atoms with E-state index < -0.39 is 0 Å². The highest BCUT2D eigenvalue weighted by molar-refractivity contribution is 5.19. The number of benzene rings is 1. The Morgan fingerprint density at radius 1 is 1.31 bits per heavy atom. The molecule has 1 rings (SSSR count). The summed E-state index contributed by atoms with van der Waals surface area (Å²) in [7, 11) is 0. The minimum atomic E-state index is -0.188. The third-order valence-electron chi connectivity index (χ3n) is 2.49. The lowest BCUT2D eigenvalue weighted by atomic mass is 10.1. The van der Waals surface area contributed by atoms with Gasteiger partial charge in [-0.15, -0.1) is 0 Å². The first-order valence-corrected chi connectivity index (χ1v) is 5.80. The first kappa shape index (κ1) is 13.1. The van der Waals surface area contributed by atoms with E-state index in [2.05, 4.69) is 12.2 Å². The van der Waals surface area contributed by atoms with E-state index in [1.807, 2.05) is 19.1 Å². The zero-order chi connectivity index (χ0) is 11.8. The lowest BCUT2D eigenvalue weighted by Crippen LogP contribution is -2.20. The molecule has 0 heterocycles. The highest BCUT2D eigenvalue weighted by Gasteiger charge is 2.03. The maximum absolute atomic E-state index is 12.7. The molecule has 0 bridgehead atoms. The molecule has 0 aliphatic carbocycles. The summed E-state index contributed by atoms with van der Waals surface area (Å²) in [6.07, 6.45) is 0.999. The van der Waals surface area contributed by atoms with Crippen LogP contribution in [0.15, 0.2) is 24.3 Å². The van der Waals surface area contributed by atoms with Crippen molar-refractivity contribution in [3.05, 3.63) is 35.6 Å². The van der Waals surface area contributed by atoms with Gasteiger partial charge in [-0.05, 0) is 44.5 Å². The molecular formula is C13H20FNO. The van der Waals surface area contributed by atoms with Crippen LogP contribution in [0.3, 0.4) is 0 Å². The predicted molar refractivity (Wildman–Crippen MR) is 63.9 cm³/mol. The van der Waals surface area contributed by atoms with E-state index in [4.69, 9.17) is 4.74 Å². The van der Waals surface area contributed by atoms with Gasteiger partial charge in [-0.1, -0.05) is 12.1 Å². The third-order valence-corrected chi connectivity index (χ3v) is 2.49. The summed E-state index contributed by atoms with van der Waals surface area (Å²) in [6.45, 7) is 6.55. The average Bonchev–Trinajstić information content (AvgIpc) is 2.29. The van der Waals surface area contributed by atoms with Crippen molar-refractivity contribution >= 4 is 0 Å². The SMILES string of the molecule is CCOCCCN[C@@H](C)c1ccc(F)cc1. The van der Waals surface area contributed by atoms with Crippen molar-refractivity contribution in [1.82, 2.24) is 5.32 Å². The molecule has 3 heteroatoms. The minimum Gasteiger partial charge on any atom is -0.382 e. The number of nitrogens with one attached hydrogen (secondary N) is 1. The van der Waals surface area contributed by atoms with Crippen molar-refractivity contribution in [3.8, 4) is 0 Å². The molecule has 0 radical (unpaired) electrons. The molecule has 16 heavy (non-hydrogen) atoms. The van der Waals surface area contributed by atoms with Crippen molar-refractivity contribution in [3.63, 3.8) is 0 Å². The molecule has 0 unspecified atom stereocenters. The summed E-state index contributed by atoms with van der Waals surface area (Å²) >= 11 is 0. The Kier molecular flexibility index (Phi) is 6.04. The van der Waals surface area contributed by atoms with Gasteiger partial charge >= 0.3 is 0 Å². The van der Waals surface area contributed by atoms with E-state index in [0.717, 1.165) is 31.7 Å². The molecule has 0 aliphatic rings. The smallest absolute Gasteiger partial charge is 0.123 e. The van der Waals surface area contributed by atoms with Crippen molar-refractivity contribution in [2.45, 2.75) is 26.3 Å². The van der Waals surface area contributed by atoms with Gasteiger partial charge < -0.3 is 10.1 Å². The largest absolute Gasteiger partial charge is 0.382 e. The van der Waals surface area contributed by atoms with Crippen LogP contribution < -0.4 is 5.32 Å². The Hall–Kier alpha value is -0.930. The second-order valence-corrected chi connectivity index (χ2v) is 3.78. The predicted octanol–water partition coefficient (Wildman–Crippen LogP) is 2.90. The van der Waals surface area contributed by atoms with Gasteiger partial charge in [0.05, 0.1) is 0 Å². The van der Waals surface area contributed by atoms with Crippen LogP contribution in [0, 0.1) is 5.82 Å². The quantitative estimate of drug-likeness (QED) is 0.720. The van der Waals surface area contributed by atoms with Crippen LogP contribution in [0.2, 0.25) is 0 Å². The topological polar surface area (TPSA) is 21.3 Å². The van der Waals surface area contributed by atoms with Gasteiger partial charge in [-0.2, -0.15) is 0 Å². The van der Waals surface area contributed by atoms with Crippen molar-refractivity contribution in [1.29, 1.82) is 0 Å². The van der Waals surface area contributed by atoms with Gasteiger partial charge in [0.2, 0.25) is 0 Å². The van der Waals surface area contributed by atoms with Crippen molar-refractivity contribution in [2.75, 3.05) is 19.8 Å². The fraction of sp³-hybridized carbons (Fsp3) is 0.538. The van der Waals surface area contributed by atoms with E-state index in [-0.39, 0.29) is 11.9 Å². The molecule has 0 saturated heterocycles. The number of rotatable bonds is 7. The number of ether oxygens (including phenoxy) is 1. The van der Waals surface area contributed by atoms with E-state index >= 15 is 0 Å². The van der Waals surface area contributed by atoms with E-state index in [1.54, 1.807) is 0 Å². The zero-order valence-corrected chi connectivity index (χ0v) is 10.0. The van der Waals surface area contributed by atoms with Crippen LogP contribution in [0.1, 0.15) is 31.9 Å². The fourth-order valence-electron chi connectivity index (χ4n) is 1.51. The summed E-state index contributed by atoms with van der Waals surface area (Å²) in [5, 5.41) is 3.37. The number of halogens is 1. The Morgan fingerprint density at radius 2 is 2.00 bits per heavy atom. The van der Waals surface area contributed by atoms with E-state index in [0.29, 0.717) is 0 Å². The summed E-state index contributed by atoms with van der Waals surface area (Å²) in [5.74, 6) is -0.188. The second kappa shape index (κ2) is 7.36. The monoisotopic (exact) mass is 225 g/mol. The number of hydrogen-bond acceptors (Lipinski definition) is 2. The fourth-order valence-corrected chi connectivity index (χ4v) is 1.51. The summed E-state index contributed by atoms with van der Waals surface area (Å²) in [5.41, 5.74) is 1.11. The molecule has 1 aromatic carbocycles. The van der Waals surface area contributed by atoms with Gasteiger partial charge in [-0.25, -0.2) is 4.39 Å². The lowest BCUT2D eigenvalue weighted by molar-refractivity contribution is 0.144. The van der Waals surface area contributed by atoms with E-state index in [9.17, 15) is 4.39 Å². The molecule has 2 nitrogen and oxygen atoms in total. The first-order valence-electron chi connectivity index (χ1n) is 5.80. The van der Waals surface area contributed by atoms with Gasteiger partial charge in [0, 0.05) is 19.3 Å². The molecule has 0 aliphatic heterocycles. The Balaban J connectivity index is 2.24. The molecule has 0 spiro atoms. The summed E-state index contributed by atoms with van der Waals surface area (Å²) < 4.78 is 18.0. The molecule has 1 aromatic rings. The third kappa shape index (κ3) is 4.73. The van der Waals surface area contributed by atoms with Gasteiger partial charge in [-0.3, -0.25) is 0 Å². The molecule has 0 amide bonds. The second-order valence-electron chi connectivity index (χ2n) is 3.78. The Bertz CT molecular complexity index is 286. The standard InChI is InChI=1S/C13H20FNO/c1-3-16-10-4-9-15-11(2)12-5-7-13(14)8-6-12/h5-8,11,15H,3-4,9-10H2,1-2H3/t11-/m0/s1. The highest BCUT2D eigenvalue weighted by atomic mass is 19.1. The Morgan fingerprint density at radius 3 is 2.62 bits per heavy atom. The van der Waals surface area contributed by atoms with E-state index in [1.165, 1.54) is 12.1 Å². The highest BCUT2D eigenvalue weighted by Crippen LogP contribution is 2.12. The van der Waals surface area contributed by atoms with Crippen molar-refractivity contribution < 1.29 is 9.13 Å². The average molecular weight is 225 g/mol. The molecule has 0 aromatic heterocycles. The first-order chi connectivity index (χ1) is 7.74. The van der Waals surface area contributed by atoms with Crippen LogP contribution in [-0.2, 0) is 4.74 Å². The van der Waals surface area contributed by atoms with Crippen LogP contribution in [0.5, 0.6) is 0 Å².